The summed E-state index contributed by atoms with van der Waals surface area (Å²) >= 11 is 0. The van der Waals surface area contributed by atoms with Gasteiger partial charge in [0.05, 0.1) is 6.21 Å². The van der Waals surface area contributed by atoms with Gasteiger partial charge >= 0.3 is 11.8 Å². The van der Waals surface area contributed by atoms with Gasteiger partial charge in [0, 0.05) is 5.69 Å². The second kappa shape index (κ2) is 8.06. The van der Waals surface area contributed by atoms with Crippen LogP contribution in [-0.4, -0.2) is 18.0 Å². The van der Waals surface area contributed by atoms with Crippen LogP contribution in [0.25, 0.3) is 0 Å². The quantitative estimate of drug-likeness (QED) is 0.516. The third-order valence-electron chi connectivity index (χ3n) is 3.62. The van der Waals surface area contributed by atoms with Gasteiger partial charge in [-0.1, -0.05) is 43.3 Å². The zero-order valence-electron chi connectivity index (χ0n) is 14.1. The largest absolute Gasteiger partial charge is 0.329 e. The molecule has 0 atom stereocenters. The minimum absolute atomic E-state index is 0.620. The van der Waals surface area contributed by atoms with Crippen LogP contribution in [0.15, 0.2) is 47.6 Å². The highest BCUT2D eigenvalue weighted by Crippen LogP contribution is 2.16. The number of hydrogen-bond donors (Lipinski definition) is 2. The Morgan fingerprint density at radius 3 is 2.42 bits per heavy atom. The van der Waals surface area contributed by atoms with Crippen molar-refractivity contribution in [3.05, 3.63) is 64.7 Å². The summed E-state index contributed by atoms with van der Waals surface area (Å²) in [6.45, 7) is 5.87. The van der Waals surface area contributed by atoms with Gasteiger partial charge in [0.1, 0.15) is 0 Å². The first-order valence-electron chi connectivity index (χ1n) is 7.80. The molecule has 0 aliphatic heterocycles. The van der Waals surface area contributed by atoms with Crippen LogP contribution in [0.3, 0.4) is 0 Å². The van der Waals surface area contributed by atoms with E-state index in [1.54, 1.807) is 0 Å². The minimum Gasteiger partial charge on any atom is -0.317 e. The van der Waals surface area contributed by atoms with Crippen molar-refractivity contribution in [3.63, 3.8) is 0 Å². The maximum Gasteiger partial charge on any atom is 0.329 e. The number of nitrogens with zero attached hydrogens (tertiary/aromatic N) is 1. The van der Waals surface area contributed by atoms with E-state index in [0.717, 1.165) is 23.1 Å². The third kappa shape index (κ3) is 4.78. The molecule has 0 aliphatic carbocycles. The van der Waals surface area contributed by atoms with E-state index in [1.807, 2.05) is 56.3 Å². The summed E-state index contributed by atoms with van der Waals surface area (Å²) in [7, 11) is 0. The normalized spacial score (nSPS) is 10.6. The molecule has 2 aromatic carbocycles. The number of benzene rings is 2. The first kappa shape index (κ1) is 17.4. The van der Waals surface area contributed by atoms with Crippen LogP contribution in [-0.2, 0) is 16.0 Å². The fourth-order valence-electron chi connectivity index (χ4n) is 2.11. The molecule has 2 N–H and O–H groups in total. The van der Waals surface area contributed by atoms with Gasteiger partial charge < -0.3 is 5.32 Å². The van der Waals surface area contributed by atoms with Crippen LogP contribution in [0.2, 0.25) is 0 Å². The zero-order chi connectivity index (χ0) is 17.5. The predicted octanol–water partition coefficient (Wildman–Crippen LogP) is 2.95. The Bertz CT molecular complexity index is 765. The highest BCUT2D eigenvalue weighted by Gasteiger charge is 2.13. The standard InChI is InChI=1S/C19H21N3O2/c1-4-15-7-9-16(10-8-15)12-20-22-19(24)18(23)21-17-11-13(2)5-6-14(17)3/h5-12H,4H2,1-3H3,(H,21,23)(H,22,24)/b20-12+. The topological polar surface area (TPSA) is 70.6 Å². The number of anilines is 1. The molecule has 24 heavy (non-hydrogen) atoms. The first-order chi connectivity index (χ1) is 11.5. The highest BCUT2D eigenvalue weighted by molar-refractivity contribution is 6.39. The fraction of sp³-hybridized carbons (Fsp3) is 0.211. The van der Waals surface area contributed by atoms with Gasteiger partial charge in [-0.15, -0.1) is 0 Å². The number of aryl methyl sites for hydroxylation is 3. The SMILES string of the molecule is CCc1ccc(/C=N/NC(=O)C(=O)Nc2cc(C)ccc2C)cc1. The van der Waals surface area contributed by atoms with E-state index in [2.05, 4.69) is 22.8 Å². The average Bonchev–Trinajstić information content (AvgIpc) is 2.58. The van der Waals surface area contributed by atoms with Crippen molar-refractivity contribution in [1.29, 1.82) is 0 Å². The number of hydrogen-bond acceptors (Lipinski definition) is 3. The van der Waals surface area contributed by atoms with Crippen LogP contribution in [0.1, 0.15) is 29.2 Å². The Labute approximate surface area is 141 Å². The zero-order valence-corrected chi connectivity index (χ0v) is 14.1. The summed E-state index contributed by atoms with van der Waals surface area (Å²) in [6.07, 6.45) is 2.47. The summed E-state index contributed by atoms with van der Waals surface area (Å²) in [5, 5.41) is 6.40. The molecule has 5 heteroatoms. The number of rotatable bonds is 4. The molecule has 0 fully saturated rings. The molecule has 0 aromatic heterocycles. The Morgan fingerprint density at radius 1 is 1.04 bits per heavy atom. The van der Waals surface area contributed by atoms with E-state index in [9.17, 15) is 9.59 Å². The lowest BCUT2D eigenvalue weighted by atomic mass is 10.1. The van der Waals surface area contributed by atoms with Crippen molar-refractivity contribution in [3.8, 4) is 0 Å². The Kier molecular flexibility index (Phi) is 5.84. The van der Waals surface area contributed by atoms with Crippen molar-refractivity contribution in [2.24, 2.45) is 5.10 Å². The molecule has 124 valence electrons. The molecular weight excluding hydrogens is 302 g/mol. The molecule has 0 aliphatic rings. The molecule has 0 bridgehead atoms. The smallest absolute Gasteiger partial charge is 0.317 e. The van der Waals surface area contributed by atoms with Crippen molar-refractivity contribution in [1.82, 2.24) is 5.43 Å². The van der Waals surface area contributed by atoms with Crippen molar-refractivity contribution >= 4 is 23.7 Å². The van der Waals surface area contributed by atoms with E-state index in [0.29, 0.717) is 5.69 Å². The second-order valence-corrected chi connectivity index (χ2v) is 5.57. The molecule has 0 heterocycles. The fourth-order valence-corrected chi connectivity index (χ4v) is 2.11. The van der Waals surface area contributed by atoms with Gasteiger partial charge in [-0.2, -0.15) is 5.10 Å². The summed E-state index contributed by atoms with van der Waals surface area (Å²) in [5.41, 5.74) is 6.82. The highest BCUT2D eigenvalue weighted by atomic mass is 16.2. The van der Waals surface area contributed by atoms with Crippen LogP contribution in [0, 0.1) is 13.8 Å². The molecule has 2 rings (SSSR count). The van der Waals surface area contributed by atoms with Crippen LogP contribution in [0.5, 0.6) is 0 Å². The predicted molar refractivity (Wildman–Crippen MR) is 96.1 cm³/mol. The number of amides is 2. The number of carbonyl (C=O) groups is 2. The molecule has 2 aromatic rings. The summed E-state index contributed by atoms with van der Waals surface area (Å²) in [5.74, 6) is -1.56. The Morgan fingerprint density at radius 2 is 1.75 bits per heavy atom. The van der Waals surface area contributed by atoms with Gasteiger partial charge in [-0.05, 0) is 48.6 Å². The Balaban J connectivity index is 1.92. The summed E-state index contributed by atoms with van der Waals surface area (Å²) in [4.78, 5) is 23.7. The molecule has 0 radical (unpaired) electrons. The lowest BCUT2D eigenvalue weighted by molar-refractivity contribution is -0.136. The molecule has 5 nitrogen and oxygen atoms in total. The lowest BCUT2D eigenvalue weighted by Gasteiger charge is -2.08. The van der Waals surface area contributed by atoms with Gasteiger partial charge in [0.15, 0.2) is 0 Å². The van der Waals surface area contributed by atoms with Crippen LogP contribution < -0.4 is 10.7 Å². The van der Waals surface area contributed by atoms with Gasteiger partial charge in [0.25, 0.3) is 0 Å². The van der Waals surface area contributed by atoms with Gasteiger partial charge in [-0.25, -0.2) is 5.43 Å². The van der Waals surface area contributed by atoms with E-state index < -0.39 is 11.8 Å². The monoisotopic (exact) mass is 323 g/mol. The lowest BCUT2D eigenvalue weighted by Crippen LogP contribution is -2.32. The number of nitrogens with one attached hydrogen (secondary N) is 2. The number of hydrazone groups is 1. The van der Waals surface area contributed by atoms with Gasteiger partial charge in [0.2, 0.25) is 0 Å². The average molecular weight is 323 g/mol. The maximum absolute atomic E-state index is 11.9. The van der Waals surface area contributed by atoms with E-state index in [4.69, 9.17) is 0 Å². The van der Waals surface area contributed by atoms with E-state index >= 15 is 0 Å². The second-order valence-electron chi connectivity index (χ2n) is 5.57. The molecule has 0 unspecified atom stereocenters. The number of carbonyl (C=O) groups excluding carboxylic acids is 2. The molecule has 0 saturated carbocycles. The Hall–Kier alpha value is -2.95. The first-order valence-corrected chi connectivity index (χ1v) is 7.80. The molecular formula is C19H21N3O2. The van der Waals surface area contributed by atoms with Gasteiger partial charge in [-0.3, -0.25) is 9.59 Å². The molecule has 0 spiro atoms. The summed E-state index contributed by atoms with van der Waals surface area (Å²) in [6, 6.07) is 13.5. The van der Waals surface area contributed by atoms with Crippen LogP contribution >= 0.6 is 0 Å². The maximum atomic E-state index is 11.9. The van der Waals surface area contributed by atoms with Crippen LogP contribution in [0.4, 0.5) is 5.69 Å². The van der Waals surface area contributed by atoms with E-state index in [-0.39, 0.29) is 0 Å². The van der Waals surface area contributed by atoms with Crippen molar-refractivity contribution in [2.75, 3.05) is 5.32 Å². The van der Waals surface area contributed by atoms with Crippen molar-refractivity contribution in [2.45, 2.75) is 27.2 Å². The van der Waals surface area contributed by atoms with Crippen molar-refractivity contribution < 1.29 is 9.59 Å². The summed E-state index contributed by atoms with van der Waals surface area (Å²) < 4.78 is 0. The van der Waals surface area contributed by atoms with E-state index in [1.165, 1.54) is 11.8 Å². The molecule has 0 saturated heterocycles. The molecule has 2 amide bonds. The third-order valence-corrected chi connectivity index (χ3v) is 3.62. The minimum atomic E-state index is -0.808.